The molecule has 0 radical (unpaired) electrons. The van der Waals surface area contributed by atoms with E-state index in [1.165, 1.54) is 0 Å². The fourth-order valence-electron chi connectivity index (χ4n) is 1.27. The van der Waals surface area contributed by atoms with Gasteiger partial charge in [0, 0.05) is 12.1 Å². The van der Waals surface area contributed by atoms with Crippen LogP contribution in [0.1, 0.15) is 27.2 Å². The highest BCUT2D eigenvalue weighted by Crippen LogP contribution is 2.31. The fraction of sp³-hybridized carbons (Fsp3) is 0.538. The molecule has 0 aliphatic heterocycles. The van der Waals surface area contributed by atoms with Crippen LogP contribution in [-0.4, -0.2) is 18.7 Å². The van der Waals surface area contributed by atoms with Gasteiger partial charge in [0.25, 0.3) is 0 Å². The number of benzene rings is 1. The van der Waals surface area contributed by atoms with Crippen molar-refractivity contribution in [1.82, 2.24) is 5.32 Å². The molecule has 0 fully saturated rings. The Labute approximate surface area is 113 Å². The van der Waals surface area contributed by atoms with Gasteiger partial charge in [-0.15, -0.1) is 0 Å². The van der Waals surface area contributed by atoms with Crippen LogP contribution in [0.4, 0.5) is 0 Å². The van der Waals surface area contributed by atoms with Crippen molar-refractivity contribution in [2.75, 3.05) is 13.2 Å². The molecular weight excluding hydrogens is 257 g/mol. The standard InChI is InChI=1S/C13H19Cl2NO/c1-4-13(2,3)16-8-9-17-11-7-5-6-10(14)12(11)15/h5-7,16H,4,8-9H2,1-3H3. The summed E-state index contributed by atoms with van der Waals surface area (Å²) in [6, 6.07) is 5.39. The van der Waals surface area contributed by atoms with E-state index in [0.717, 1.165) is 13.0 Å². The second-order valence-electron chi connectivity index (χ2n) is 4.56. The van der Waals surface area contributed by atoms with Crippen LogP contribution in [0, 0.1) is 0 Å². The number of rotatable bonds is 6. The average Bonchev–Trinajstić information content (AvgIpc) is 2.30. The summed E-state index contributed by atoms with van der Waals surface area (Å²) in [6.45, 7) is 7.84. The van der Waals surface area contributed by atoms with Gasteiger partial charge in [0.15, 0.2) is 0 Å². The maximum absolute atomic E-state index is 6.01. The Balaban J connectivity index is 2.39. The molecule has 0 spiro atoms. The number of halogens is 2. The van der Waals surface area contributed by atoms with Crippen LogP contribution in [0.2, 0.25) is 10.0 Å². The summed E-state index contributed by atoms with van der Waals surface area (Å²) in [5, 5.41) is 4.41. The van der Waals surface area contributed by atoms with E-state index in [9.17, 15) is 0 Å². The molecule has 0 amide bonds. The van der Waals surface area contributed by atoms with Gasteiger partial charge < -0.3 is 10.1 Å². The van der Waals surface area contributed by atoms with E-state index in [1.54, 1.807) is 6.07 Å². The minimum atomic E-state index is 0.140. The summed E-state index contributed by atoms with van der Waals surface area (Å²) in [4.78, 5) is 0. The predicted octanol–water partition coefficient (Wildman–Crippen LogP) is 4.15. The van der Waals surface area contributed by atoms with Crippen LogP contribution in [0.5, 0.6) is 5.75 Å². The largest absolute Gasteiger partial charge is 0.491 e. The van der Waals surface area contributed by atoms with E-state index in [-0.39, 0.29) is 5.54 Å². The summed E-state index contributed by atoms with van der Waals surface area (Å²) >= 11 is 11.9. The van der Waals surface area contributed by atoms with Crippen molar-refractivity contribution in [3.05, 3.63) is 28.2 Å². The first-order chi connectivity index (χ1) is 7.96. The van der Waals surface area contributed by atoms with Gasteiger partial charge in [-0.05, 0) is 32.4 Å². The molecule has 96 valence electrons. The van der Waals surface area contributed by atoms with Gasteiger partial charge in [-0.3, -0.25) is 0 Å². The molecule has 0 bridgehead atoms. The average molecular weight is 276 g/mol. The maximum Gasteiger partial charge on any atom is 0.139 e. The Bertz CT molecular complexity index is 366. The van der Waals surface area contributed by atoms with Crippen LogP contribution < -0.4 is 10.1 Å². The molecule has 0 unspecified atom stereocenters. The van der Waals surface area contributed by atoms with E-state index in [4.69, 9.17) is 27.9 Å². The molecule has 0 heterocycles. The smallest absolute Gasteiger partial charge is 0.139 e. The molecule has 1 N–H and O–H groups in total. The molecule has 0 aliphatic carbocycles. The minimum Gasteiger partial charge on any atom is -0.491 e. The highest BCUT2D eigenvalue weighted by molar-refractivity contribution is 6.42. The lowest BCUT2D eigenvalue weighted by molar-refractivity contribution is 0.281. The second kappa shape index (κ2) is 6.48. The Morgan fingerprint density at radius 2 is 2.00 bits per heavy atom. The summed E-state index contributed by atoms with van der Waals surface area (Å²) in [5.41, 5.74) is 0.140. The lowest BCUT2D eigenvalue weighted by Gasteiger charge is -2.24. The van der Waals surface area contributed by atoms with E-state index < -0.39 is 0 Å². The van der Waals surface area contributed by atoms with Crippen molar-refractivity contribution in [3.63, 3.8) is 0 Å². The summed E-state index contributed by atoms with van der Waals surface area (Å²) in [7, 11) is 0. The zero-order valence-corrected chi connectivity index (χ0v) is 12.0. The molecule has 1 aromatic rings. The van der Waals surface area contributed by atoms with Crippen LogP contribution in [0.3, 0.4) is 0 Å². The fourth-order valence-corrected chi connectivity index (χ4v) is 1.62. The first-order valence-corrected chi connectivity index (χ1v) is 6.53. The molecule has 4 heteroatoms. The Hall–Kier alpha value is -0.440. The maximum atomic E-state index is 6.01. The van der Waals surface area contributed by atoms with Gasteiger partial charge in [0.1, 0.15) is 17.4 Å². The topological polar surface area (TPSA) is 21.3 Å². The molecule has 0 aromatic heterocycles. The number of ether oxygens (including phenoxy) is 1. The molecule has 0 aliphatic rings. The first kappa shape index (κ1) is 14.6. The highest BCUT2D eigenvalue weighted by Gasteiger charge is 2.13. The zero-order valence-electron chi connectivity index (χ0n) is 10.5. The van der Waals surface area contributed by atoms with Gasteiger partial charge in [0.05, 0.1) is 5.02 Å². The van der Waals surface area contributed by atoms with Crippen LogP contribution in [-0.2, 0) is 0 Å². The predicted molar refractivity (Wildman–Crippen MR) is 74.3 cm³/mol. The van der Waals surface area contributed by atoms with Crippen LogP contribution in [0.25, 0.3) is 0 Å². The van der Waals surface area contributed by atoms with Crippen molar-refractivity contribution in [1.29, 1.82) is 0 Å². The van der Waals surface area contributed by atoms with Crippen molar-refractivity contribution in [3.8, 4) is 5.75 Å². The third-order valence-electron chi connectivity index (χ3n) is 2.76. The second-order valence-corrected chi connectivity index (χ2v) is 5.35. The Morgan fingerprint density at radius 3 is 2.65 bits per heavy atom. The number of hydrogen-bond donors (Lipinski definition) is 1. The van der Waals surface area contributed by atoms with Gasteiger partial charge in [-0.1, -0.05) is 36.2 Å². The number of hydrogen-bond acceptors (Lipinski definition) is 2. The Kier molecular flexibility index (Phi) is 5.57. The van der Waals surface area contributed by atoms with Crippen LogP contribution in [0.15, 0.2) is 18.2 Å². The van der Waals surface area contributed by atoms with E-state index in [2.05, 4.69) is 26.1 Å². The highest BCUT2D eigenvalue weighted by atomic mass is 35.5. The summed E-state index contributed by atoms with van der Waals surface area (Å²) in [5.74, 6) is 0.635. The molecule has 2 nitrogen and oxygen atoms in total. The molecular formula is C13H19Cl2NO. The molecule has 0 atom stereocenters. The monoisotopic (exact) mass is 275 g/mol. The third kappa shape index (κ3) is 4.74. The molecule has 1 rings (SSSR count). The van der Waals surface area contributed by atoms with Crippen molar-refractivity contribution >= 4 is 23.2 Å². The van der Waals surface area contributed by atoms with Gasteiger partial charge >= 0.3 is 0 Å². The van der Waals surface area contributed by atoms with E-state index in [1.807, 2.05) is 12.1 Å². The van der Waals surface area contributed by atoms with Crippen LogP contribution >= 0.6 is 23.2 Å². The molecule has 1 aromatic carbocycles. The van der Waals surface area contributed by atoms with E-state index >= 15 is 0 Å². The van der Waals surface area contributed by atoms with E-state index in [0.29, 0.717) is 22.4 Å². The lowest BCUT2D eigenvalue weighted by atomic mass is 10.0. The van der Waals surface area contributed by atoms with Gasteiger partial charge in [-0.25, -0.2) is 0 Å². The molecule has 0 saturated carbocycles. The van der Waals surface area contributed by atoms with Gasteiger partial charge in [-0.2, -0.15) is 0 Å². The first-order valence-electron chi connectivity index (χ1n) is 5.78. The van der Waals surface area contributed by atoms with Crippen molar-refractivity contribution in [2.24, 2.45) is 0 Å². The third-order valence-corrected chi connectivity index (χ3v) is 3.56. The van der Waals surface area contributed by atoms with Crippen molar-refractivity contribution < 1.29 is 4.74 Å². The number of nitrogens with one attached hydrogen (secondary N) is 1. The SMILES string of the molecule is CCC(C)(C)NCCOc1cccc(Cl)c1Cl. The molecule has 17 heavy (non-hydrogen) atoms. The van der Waals surface area contributed by atoms with Crippen molar-refractivity contribution in [2.45, 2.75) is 32.7 Å². The minimum absolute atomic E-state index is 0.140. The normalized spacial score (nSPS) is 11.6. The quantitative estimate of drug-likeness (QED) is 0.788. The summed E-state index contributed by atoms with van der Waals surface area (Å²) in [6.07, 6.45) is 1.07. The molecule has 0 saturated heterocycles. The Morgan fingerprint density at radius 1 is 1.29 bits per heavy atom. The zero-order chi connectivity index (χ0) is 12.9. The lowest BCUT2D eigenvalue weighted by Crippen LogP contribution is -2.40. The van der Waals surface area contributed by atoms with Gasteiger partial charge in [0.2, 0.25) is 0 Å². The summed E-state index contributed by atoms with van der Waals surface area (Å²) < 4.78 is 5.58.